The van der Waals surface area contributed by atoms with Crippen LogP contribution in [0, 0.1) is 0 Å². The summed E-state index contributed by atoms with van der Waals surface area (Å²) < 4.78 is 1.28. The second-order valence-corrected chi connectivity index (χ2v) is 6.43. The maximum atomic E-state index is 9.23. The summed E-state index contributed by atoms with van der Waals surface area (Å²) in [6.07, 6.45) is 13.1. The van der Waals surface area contributed by atoms with Gasteiger partial charge in [-0.15, -0.1) is 0 Å². The Kier molecular flexibility index (Phi) is 13.8. The molecule has 0 aromatic carbocycles. The minimum atomic E-state index is 0.356. The second-order valence-electron chi connectivity index (χ2n) is 6.43. The van der Waals surface area contributed by atoms with Gasteiger partial charge in [-0.3, -0.25) is 0 Å². The van der Waals surface area contributed by atoms with Crippen molar-refractivity contribution in [2.75, 3.05) is 32.8 Å². The largest absolute Gasteiger partial charge is 0.396 e. The minimum absolute atomic E-state index is 0.356. The van der Waals surface area contributed by atoms with E-state index in [0.29, 0.717) is 6.61 Å². The first-order chi connectivity index (χ1) is 9.74. The highest BCUT2D eigenvalue weighted by molar-refractivity contribution is 4.51. The first-order valence-electron chi connectivity index (χ1n) is 9.20. The SMILES string of the molecule is CCCCCC[N+](CCCC)(CCCO)CCCCC. The second kappa shape index (κ2) is 13.9. The molecule has 0 radical (unpaired) electrons. The van der Waals surface area contributed by atoms with Gasteiger partial charge in [0.25, 0.3) is 0 Å². The van der Waals surface area contributed by atoms with Crippen LogP contribution in [0.4, 0.5) is 0 Å². The highest BCUT2D eigenvalue weighted by Crippen LogP contribution is 2.17. The Bertz CT molecular complexity index is 186. The van der Waals surface area contributed by atoms with E-state index in [1.807, 2.05) is 0 Å². The molecule has 1 N–H and O–H groups in total. The Morgan fingerprint density at radius 2 is 1.00 bits per heavy atom. The lowest BCUT2D eigenvalue weighted by atomic mass is 10.1. The third-order valence-electron chi connectivity index (χ3n) is 4.50. The van der Waals surface area contributed by atoms with Crippen molar-refractivity contribution in [1.29, 1.82) is 0 Å². The number of quaternary nitrogens is 1. The Balaban J connectivity index is 4.43. The minimum Gasteiger partial charge on any atom is -0.396 e. The van der Waals surface area contributed by atoms with Crippen molar-refractivity contribution in [3.05, 3.63) is 0 Å². The fourth-order valence-corrected chi connectivity index (χ4v) is 3.14. The van der Waals surface area contributed by atoms with Crippen LogP contribution in [0.1, 0.15) is 85.0 Å². The maximum Gasteiger partial charge on any atom is 0.0808 e. The third kappa shape index (κ3) is 9.77. The van der Waals surface area contributed by atoms with Crippen LogP contribution in [0.5, 0.6) is 0 Å². The van der Waals surface area contributed by atoms with Crippen molar-refractivity contribution >= 4 is 0 Å². The zero-order valence-corrected chi connectivity index (χ0v) is 14.5. The lowest BCUT2D eigenvalue weighted by Crippen LogP contribution is -2.51. The van der Waals surface area contributed by atoms with Crippen LogP contribution in [-0.2, 0) is 0 Å². The molecule has 0 amide bonds. The molecular weight excluding hydrogens is 246 g/mol. The highest BCUT2D eigenvalue weighted by Gasteiger charge is 2.25. The molecule has 0 rings (SSSR count). The quantitative estimate of drug-likeness (QED) is 0.340. The number of unbranched alkanes of at least 4 members (excludes halogenated alkanes) is 6. The van der Waals surface area contributed by atoms with Gasteiger partial charge in [-0.05, 0) is 32.1 Å². The standard InChI is InChI=1S/C18H40NO/c1-4-7-10-12-16-19(14-9-6-3,17-13-18-20)15-11-8-5-2/h20H,4-18H2,1-3H3/q+1. The van der Waals surface area contributed by atoms with Gasteiger partial charge in [0, 0.05) is 13.0 Å². The lowest BCUT2D eigenvalue weighted by molar-refractivity contribution is -0.929. The first kappa shape index (κ1) is 19.9. The number of hydrogen-bond donors (Lipinski definition) is 1. The fourth-order valence-electron chi connectivity index (χ4n) is 3.14. The van der Waals surface area contributed by atoms with Crippen molar-refractivity contribution in [1.82, 2.24) is 0 Å². The van der Waals surface area contributed by atoms with Crippen molar-refractivity contribution in [2.45, 2.75) is 85.0 Å². The third-order valence-corrected chi connectivity index (χ3v) is 4.50. The van der Waals surface area contributed by atoms with E-state index in [4.69, 9.17) is 0 Å². The Morgan fingerprint density at radius 3 is 1.55 bits per heavy atom. The molecule has 2 nitrogen and oxygen atoms in total. The predicted molar refractivity (Wildman–Crippen MR) is 90.0 cm³/mol. The van der Waals surface area contributed by atoms with E-state index in [0.717, 1.165) is 6.42 Å². The van der Waals surface area contributed by atoms with Crippen molar-refractivity contribution < 1.29 is 9.59 Å². The highest BCUT2D eigenvalue weighted by atomic mass is 16.3. The number of nitrogens with zero attached hydrogens (tertiary/aromatic N) is 1. The molecular formula is C18H40NO+. The average Bonchev–Trinajstić information content (AvgIpc) is 2.47. The zero-order chi connectivity index (χ0) is 15.1. The molecule has 0 saturated carbocycles. The topological polar surface area (TPSA) is 20.2 Å². The van der Waals surface area contributed by atoms with E-state index in [-0.39, 0.29) is 0 Å². The van der Waals surface area contributed by atoms with E-state index in [1.54, 1.807) is 0 Å². The molecule has 0 aliphatic carbocycles. The summed E-state index contributed by atoms with van der Waals surface area (Å²) in [6, 6.07) is 0. The van der Waals surface area contributed by atoms with Crippen LogP contribution in [0.25, 0.3) is 0 Å². The van der Waals surface area contributed by atoms with Crippen molar-refractivity contribution in [3.8, 4) is 0 Å². The van der Waals surface area contributed by atoms with Gasteiger partial charge >= 0.3 is 0 Å². The van der Waals surface area contributed by atoms with Gasteiger partial charge in [0.1, 0.15) is 0 Å². The molecule has 0 heterocycles. The molecule has 0 aromatic heterocycles. The summed E-state index contributed by atoms with van der Waals surface area (Å²) in [6.45, 7) is 12.4. The molecule has 0 aliphatic rings. The maximum absolute atomic E-state index is 9.23. The van der Waals surface area contributed by atoms with E-state index in [2.05, 4.69) is 20.8 Å². The van der Waals surface area contributed by atoms with Gasteiger partial charge in [-0.1, -0.05) is 46.5 Å². The first-order valence-corrected chi connectivity index (χ1v) is 9.20. The van der Waals surface area contributed by atoms with Crippen LogP contribution in [0.2, 0.25) is 0 Å². The zero-order valence-electron chi connectivity index (χ0n) is 14.5. The molecule has 0 aliphatic heterocycles. The van der Waals surface area contributed by atoms with Gasteiger partial charge in [0.15, 0.2) is 0 Å². The average molecular weight is 287 g/mol. The summed E-state index contributed by atoms with van der Waals surface area (Å²) in [7, 11) is 0. The molecule has 122 valence electrons. The van der Waals surface area contributed by atoms with Gasteiger partial charge in [0.2, 0.25) is 0 Å². The summed E-state index contributed by atoms with van der Waals surface area (Å²) >= 11 is 0. The Labute approximate surface area is 128 Å². The normalized spacial score (nSPS) is 14.4. The summed E-state index contributed by atoms with van der Waals surface area (Å²) in [5, 5.41) is 9.23. The molecule has 1 unspecified atom stereocenters. The molecule has 1 atom stereocenters. The van der Waals surface area contributed by atoms with E-state index >= 15 is 0 Å². The molecule has 0 spiro atoms. The van der Waals surface area contributed by atoms with E-state index < -0.39 is 0 Å². The number of aliphatic hydroxyl groups is 1. The number of rotatable bonds is 15. The fraction of sp³-hybridized carbons (Fsp3) is 1.00. The van der Waals surface area contributed by atoms with Gasteiger partial charge < -0.3 is 9.59 Å². The Hall–Kier alpha value is -0.0800. The molecule has 0 fully saturated rings. The summed E-state index contributed by atoms with van der Waals surface area (Å²) in [5.74, 6) is 0. The van der Waals surface area contributed by atoms with Crippen molar-refractivity contribution in [2.24, 2.45) is 0 Å². The van der Waals surface area contributed by atoms with Crippen LogP contribution >= 0.6 is 0 Å². The molecule has 2 heteroatoms. The molecule has 0 saturated heterocycles. The van der Waals surface area contributed by atoms with Crippen LogP contribution in [-0.4, -0.2) is 42.4 Å². The van der Waals surface area contributed by atoms with Gasteiger partial charge in [-0.25, -0.2) is 0 Å². The number of hydrogen-bond acceptors (Lipinski definition) is 1. The summed E-state index contributed by atoms with van der Waals surface area (Å²) in [4.78, 5) is 0. The molecule has 0 bridgehead atoms. The van der Waals surface area contributed by atoms with E-state index in [1.165, 1.54) is 88.4 Å². The van der Waals surface area contributed by atoms with Crippen LogP contribution in [0.3, 0.4) is 0 Å². The van der Waals surface area contributed by atoms with Crippen LogP contribution < -0.4 is 0 Å². The predicted octanol–water partition coefficient (Wildman–Crippen LogP) is 4.76. The van der Waals surface area contributed by atoms with Crippen LogP contribution in [0.15, 0.2) is 0 Å². The monoisotopic (exact) mass is 286 g/mol. The molecule has 20 heavy (non-hydrogen) atoms. The van der Waals surface area contributed by atoms with E-state index in [9.17, 15) is 5.11 Å². The van der Waals surface area contributed by atoms with Gasteiger partial charge in [-0.2, -0.15) is 0 Å². The summed E-state index contributed by atoms with van der Waals surface area (Å²) in [5.41, 5.74) is 0. The molecule has 0 aromatic rings. The van der Waals surface area contributed by atoms with Gasteiger partial charge in [0.05, 0.1) is 26.2 Å². The number of aliphatic hydroxyl groups excluding tert-OH is 1. The van der Waals surface area contributed by atoms with Crippen molar-refractivity contribution in [3.63, 3.8) is 0 Å². The smallest absolute Gasteiger partial charge is 0.0808 e. The lowest BCUT2D eigenvalue weighted by Gasteiger charge is -2.39. The Morgan fingerprint density at radius 1 is 0.550 bits per heavy atom.